The van der Waals surface area contributed by atoms with E-state index < -0.39 is 33.9 Å². The molecule has 0 radical (unpaired) electrons. The molecule has 0 saturated heterocycles. The molecule has 26 heavy (non-hydrogen) atoms. The minimum Gasteiger partial charge on any atom is -0.395 e. The van der Waals surface area contributed by atoms with Crippen LogP contribution >= 0.6 is 0 Å². The van der Waals surface area contributed by atoms with Crippen LogP contribution in [0.25, 0.3) is 0 Å². The third-order valence-corrected chi connectivity index (χ3v) is 6.97. The summed E-state index contributed by atoms with van der Waals surface area (Å²) in [4.78, 5) is 0. The molecule has 0 aliphatic heterocycles. The lowest BCUT2D eigenvalue weighted by molar-refractivity contribution is -0.324. The molecule has 4 bridgehead atoms. The zero-order chi connectivity index (χ0) is 19.6. The molecule has 0 aromatic carbocycles. The predicted molar refractivity (Wildman–Crippen MR) is 99.3 cm³/mol. The Hall–Kier alpha value is -0.460. The van der Waals surface area contributed by atoms with Gasteiger partial charge in [-0.15, -0.1) is 0 Å². The molecule has 4 rings (SSSR count). The molecule has 0 amide bonds. The molecule has 4 aliphatic carbocycles. The van der Waals surface area contributed by atoms with Gasteiger partial charge in [-0.2, -0.15) is 0 Å². The van der Waals surface area contributed by atoms with Crippen LogP contribution in [0, 0.1) is 16.7 Å². The van der Waals surface area contributed by atoms with Crippen LogP contribution in [0.15, 0.2) is 11.6 Å². The molecule has 150 valence electrons. The minimum absolute atomic E-state index is 0.218. The van der Waals surface area contributed by atoms with Crippen LogP contribution in [-0.4, -0.2) is 50.1 Å². The Labute approximate surface area is 157 Å². The Balaban J connectivity index is 1.93. The molecule has 0 spiro atoms. The van der Waals surface area contributed by atoms with Gasteiger partial charge >= 0.3 is 0 Å². The summed E-state index contributed by atoms with van der Waals surface area (Å²) in [7, 11) is 0. The largest absolute Gasteiger partial charge is 0.395 e. The first-order chi connectivity index (χ1) is 11.8. The molecule has 0 aromatic heterocycles. The molecule has 0 aromatic rings. The third-order valence-electron chi connectivity index (χ3n) is 6.97. The highest BCUT2D eigenvalue weighted by molar-refractivity contribution is 5.17. The van der Waals surface area contributed by atoms with Crippen molar-refractivity contribution in [3.05, 3.63) is 11.6 Å². The molecule has 3 unspecified atom stereocenters. The Bertz CT molecular complexity index is 570. The van der Waals surface area contributed by atoms with Crippen LogP contribution in [0.1, 0.15) is 73.1 Å². The summed E-state index contributed by atoms with van der Waals surface area (Å²) < 4.78 is 6.30. The van der Waals surface area contributed by atoms with E-state index in [1.54, 1.807) is 0 Å². The first kappa shape index (κ1) is 20.3. The van der Waals surface area contributed by atoms with Crippen molar-refractivity contribution >= 4 is 0 Å². The molecule has 4 fully saturated rings. The molecular formula is C21H36O5. The lowest BCUT2D eigenvalue weighted by Gasteiger charge is -2.63. The van der Waals surface area contributed by atoms with Crippen LogP contribution in [-0.2, 0) is 4.74 Å². The number of ether oxygens (including phenoxy) is 1. The van der Waals surface area contributed by atoms with Gasteiger partial charge in [-0.25, -0.2) is 0 Å². The fraction of sp³-hybridized carbons (Fsp3) is 0.905. The average molecular weight is 369 g/mol. The Morgan fingerprint density at radius 3 is 2.00 bits per heavy atom. The van der Waals surface area contributed by atoms with Crippen molar-refractivity contribution in [1.29, 1.82) is 0 Å². The average Bonchev–Trinajstić information content (AvgIpc) is 2.38. The number of allylic oxidation sites excluding steroid dienone is 1. The van der Waals surface area contributed by atoms with Gasteiger partial charge in [0.1, 0.15) is 0 Å². The van der Waals surface area contributed by atoms with Gasteiger partial charge in [0.15, 0.2) is 6.29 Å². The third kappa shape index (κ3) is 3.26. The van der Waals surface area contributed by atoms with Gasteiger partial charge in [-0.05, 0) is 44.4 Å². The topological polar surface area (TPSA) is 90.2 Å². The van der Waals surface area contributed by atoms with E-state index in [0.717, 1.165) is 12.0 Å². The lowest BCUT2D eigenvalue weighted by Crippen LogP contribution is -2.68. The standard InChI is InChI=1S/C21H36O5/c1-14(2)6-21(13-22,17(3,4)5)16(23)26-20-9-15-7-18(24,11-20)10-19(25,8-15)12-20/h6,15-16,22-25H,7-13H2,1-5H3/t15?,16-,18?,19?,20?,21?/m1/s1. The number of aliphatic hydroxyl groups excluding tert-OH is 2. The molecule has 4 atom stereocenters. The zero-order valence-corrected chi connectivity index (χ0v) is 16.9. The van der Waals surface area contributed by atoms with E-state index in [9.17, 15) is 20.4 Å². The van der Waals surface area contributed by atoms with Crippen molar-refractivity contribution in [1.82, 2.24) is 0 Å². The normalized spacial score (nSPS) is 42.4. The van der Waals surface area contributed by atoms with Gasteiger partial charge in [0, 0.05) is 19.3 Å². The van der Waals surface area contributed by atoms with E-state index in [1.165, 1.54) is 0 Å². The number of aliphatic hydroxyl groups is 4. The van der Waals surface area contributed by atoms with Gasteiger partial charge in [0.05, 0.1) is 28.8 Å². The van der Waals surface area contributed by atoms with E-state index in [4.69, 9.17) is 4.74 Å². The quantitative estimate of drug-likeness (QED) is 0.442. The molecule has 4 saturated carbocycles. The van der Waals surface area contributed by atoms with Crippen molar-refractivity contribution in [3.63, 3.8) is 0 Å². The van der Waals surface area contributed by atoms with Gasteiger partial charge in [-0.3, -0.25) is 0 Å². The van der Waals surface area contributed by atoms with E-state index in [0.29, 0.717) is 32.1 Å². The summed E-state index contributed by atoms with van der Waals surface area (Å²) in [6, 6.07) is 0. The van der Waals surface area contributed by atoms with Crippen LogP contribution in [0.2, 0.25) is 0 Å². The number of hydrogen-bond donors (Lipinski definition) is 4. The van der Waals surface area contributed by atoms with Gasteiger partial charge in [0.25, 0.3) is 0 Å². The Kier molecular flexibility index (Phi) is 4.69. The summed E-state index contributed by atoms with van der Waals surface area (Å²) >= 11 is 0. The first-order valence-corrected chi connectivity index (χ1v) is 9.84. The molecular weight excluding hydrogens is 332 g/mol. The SMILES string of the molecule is CC(C)=CC(CO)([C@H](O)OC12CC3CC(O)(CC(O)(C3)C1)C2)C(C)(C)C. The van der Waals surface area contributed by atoms with Crippen LogP contribution in [0.3, 0.4) is 0 Å². The highest BCUT2D eigenvalue weighted by Crippen LogP contribution is 2.61. The molecule has 5 heteroatoms. The minimum atomic E-state index is -1.22. The second-order valence-electron chi connectivity index (χ2n) is 10.8. The second kappa shape index (κ2) is 6.02. The van der Waals surface area contributed by atoms with Crippen molar-refractivity contribution in [2.75, 3.05) is 6.61 Å². The highest BCUT2D eigenvalue weighted by Gasteiger charge is 2.64. The second-order valence-corrected chi connectivity index (χ2v) is 10.8. The summed E-state index contributed by atoms with van der Waals surface area (Å²) in [6.45, 7) is 9.59. The molecule has 4 N–H and O–H groups in total. The smallest absolute Gasteiger partial charge is 0.167 e. The van der Waals surface area contributed by atoms with E-state index >= 15 is 0 Å². The van der Waals surface area contributed by atoms with Crippen molar-refractivity contribution in [3.8, 4) is 0 Å². The van der Waals surface area contributed by atoms with Crippen LogP contribution < -0.4 is 0 Å². The highest BCUT2D eigenvalue weighted by atomic mass is 16.6. The summed E-state index contributed by atoms with van der Waals surface area (Å²) in [5.74, 6) is 0.218. The monoisotopic (exact) mass is 368 g/mol. The number of hydrogen-bond acceptors (Lipinski definition) is 5. The Morgan fingerprint density at radius 1 is 1.08 bits per heavy atom. The fourth-order valence-corrected chi connectivity index (χ4v) is 6.26. The lowest BCUT2D eigenvalue weighted by atomic mass is 9.50. The predicted octanol–water partition coefficient (Wildman–Crippen LogP) is 2.51. The maximum atomic E-state index is 11.2. The molecule has 0 heterocycles. The van der Waals surface area contributed by atoms with Gasteiger partial charge in [0.2, 0.25) is 0 Å². The van der Waals surface area contributed by atoms with E-state index in [-0.39, 0.29) is 12.5 Å². The molecule has 5 nitrogen and oxygen atoms in total. The molecule has 4 aliphatic rings. The Morgan fingerprint density at radius 2 is 1.62 bits per heavy atom. The summed E-state index contributed by atoms with van der Waals surface area (Å²) in [5, 5.41) is 43.3. The maximum Gasteiger partial charge on any atom is 0.167 e. The van der Waals surface area contributed by atoms with Crippen molar-refractivity contribution in [2.45, 2.75) is 96.2 Å². The van der Waals surface area contributed by atoms with Gasteiger partial charge < -0.3 is 25.2 Å². The summed E-state index contributed by atoms with van der Waals surface area (Å²) in [5.41, 5.74) is -2.94. The van der Waals surface area contributed by atoms with Gasteiger partial charge in [-0.1, -0.05) is 32.4 Å². The summed E-state index contributed by atoms with van der Waals surface area (Å²) in [6.07, 6.45) is 4.12. The zero-order valence-electron chi connectivity index (χ0n) is 16.9. The number of rotatable bonds is 5. The fourth-order valence-electron chi connectivity index (χ4n) is 6.26. The van der Waals surface area contributed by atoms with Crippen LogP contribution in [0.4, 0.5) is 0 Å². The van der Waals surface area contributed by atoms with Crippen molar-refractivity contribution < 1.29 is 25.2 Å². The van der Waals surface area contributed by atoms with E-state index in [2.05, 4.69) is 0 Å². The van der Waals surface area contributed by atoms with Crippen molar-refractivity contribution in [2.24, 2.45) is 16.7 Å². The first-order valence-electron chi connectivity index (χ1n) is 9.84. The van der Waals surface area contributed by atoms with Crippen LogP contribution in [0.5, 0.6) is 0 Å². The van der Waals surface area contributed by atoms with E-state index in [1.807, 2.05) is 40.7 Å². The maximum absolute atomic E-state index is 11.2.